The average molecular weight is 378 g/mol. The smallest absolute Gasteiger partial charge is 0.407 e. The van der Waals surface area contributed by atoms with Gasteiger partial charge in [0.2, 0.25) is 10.0 Å². The zero-order valence-corrected chi connectivity index (χ0v) is 15.8. The zero-order valence-electron chi connectivity index (χ0n) is 15.0. The molecule has 0 aromatic heterocycles. The molecule has 2 aromatic rings. The fourth-order valence-electron chi connectivity index (χ4n) is 2.69. The number of sulfonamides is 1. The summed E-state index contributed by atoms with van der Waals surface area (Å²) in [5.41, 5.74) is 0. The normalized spacial score (nSPS) is 11.4. The minimum Gasteiger partial charge on any atom is -0.450 e. The molecule has 7 heteroatoms. The molecule has 6 nitrogen and oxygen atoms in total. The average Bonchev–Trinajstić information content (AvgIpc) is 2.63. The molecule has 2 rings (SSSR count). The van der Waals surface area contributed by atoms with Crippen LogP contribution in [0.1, 0.15) is 32.6 Å². The van der Waals surface area contributed by atoms with E-state index in [1.807, 2.05) is 30.3 Å². The lowest BCUT2D eigenvalue weighted by molar-refractivity contribution is 0.152. The molecule has 0 unspecified atom stereocenters. The molecule has 26 heavy (non-hydrogen) atoms. The Hall–Kier alpha value is -2.12. The number of carbonyl (C=O) groups is 1. The quantitative estimate of drug-likeness (QED) is 0.621. The number of rotatable bonds is 10. The van der Waals surface area contributed by atoms with Gasteiger partial charge in [0.1, 0.15) is 0 Å². The summed E-state index contributed by atoms with van der Waals surface area (Å²) in [6.45, 7) is 3.10. The molecule has 0 aliphatic heterocycles. The van der Waals surface area contributed by atoms with Crippen molar-refractivity contribution in [1.29, 1.82) is 0 Å². The Kier molecular flexibility index (Phi) is 7.87. The van der Waals surface area contributed by atoms with E-state index < -0.39 is 16.1 Å². The molecule has 0 aliphatic rings. The minimum absolute atomic E-state index is 0.314. The third-order valence-electron chi connectivity index (χ3n) is 3.98. The van der Waals surface area contributed by atoms with Gasteiger partial charge in [-0.15, -0.1) is 0 Å². The van der Waals surface area contributed by atoms with Crippen LogP contribution >= 0.6 is 0 Å². The number of unbranched alkanes of at least 4 members (excludes halogenated alkanes) is 3. The van der Waals surface area contributed by atoms with Crippen LogP contribution in [0.2, 0.25) is 0 Å². The number of fused-ring (bicyclic) bond motifs is 1. The predicted octanol–water partition coefficient (Wildman–Crippen LogP) is 3.42. The van der Waals surface area contributed by atoms with Gasteiger partial charge < -0.3 is 10.1 Å². The van der Waals surface area contributed by atoms with E-state index in [0.29, 0.717) is 24.6 Å². The first-order valence-corrected chi connectivity index (χ1v) is 10.4. The van der Waals surface area contributed by atoms with Gasteiger partial charge >= 0.3 is 6.09 Å². The van der Waals surface area contributed by atoms with Crippen molar-refractivity contribution in [2.24, 2.45) is 0 Å². The van der Waals surface area contributed by atoms with Gasteiger partial charge in [0.15, 0.2) is 0 Å². The Morgan fingerprint density at radius 3 is 2.42 bits per heavy atom. The van der Waals surface area contributed by atoms with E-state index in [1.54, 1.807) is 19.1 Å². The maximum atomic E-state index is 12.5. The molecular formula is C19H26N2O4S. The minimum atomic E-state index is -3.53. The maximum absolute atomic E-state index is 12.5. The number of ether oxygens (including phenoxy) is 1. The Balaban J connectivity index is 1.73. The first-order valence-electron chi connectivity index (χ1n) is 8.92. The third-order valence-corrected chi connectivity index (χ3v) is 5.50. The van der Waals surface area contributed by atoms with E-state index in [9.17, 15) is 13.2 Å². The van der Waals surface area contributed by atoms with E-state index >= 15 is 0 Å². The molecule has 0 spiro atoms. The molecule has 2 N–H and O–H groups in total. The highest BCUT2D eigenvalue weighted by molar-refractivity contribution is 7.89. The topological polar surface area (TPSA) is 84.5 Å². The summed E-state index contributed by atoms with van der Waals surface area (Å²) >= 11 is 0. The largest absolute Gasteiger partial charge is 0.450 e. The highest BCUT2D eigenvalue weighted by Crippen LogP contribution is 2.22. The summed E-state index contributed by atoms with van der Waals surface area (Å²) in [4.78, 5) is 11.4. The Labute approximate surface area is 155 Å². The SMILES string of the molecule is CCOC(=O)NCCCCCCNS(=O)(=O)c1cccc2ccccc12. The third kappa shape index (κ3) is 6.00. The van der Waals surface area contributed by atoms with Crippen molar-refractivity contribution >= 4 is 26.9 Å². The molecule has 142 valence electrons. The van der Waals surface area contributed by atoms with Crippen LogP contribution in [0.4, 0.5) is 4.79 Å². The molecule has 0 saturated carbocycles. The molecule has 1 amide bonds. The molecule has 0 radical (unpaired) electrons. The van der Waals surface area contributed by atoms with E-state index in [-0.39, 0.29) is 0 Å². The second-order valence-electron chi connectivity index (χ2n) is 5.94. The van der Waals surface area contributed by atoms with Crippen molar-refractivity contribution < 1.29 is 17.9 Å². The lowest BCUT2D eigenvalue weighted by Crippen LogP contribution is -2.25. The highest BCUT2D eigenvalue weighted by atomic mass is 32.2. The van der Waals surface area contributed by atoms with Gasteiger partial charge in [0, 0.05) is 18.5 Å². The van der Waals surface area contributed by atoms with Crippen LogP contribution in [0.25, 0.3) is 10.8 Å². The summed E-state index contributed by atoms with van der Waals surface area (Å²) in [5, 5.41) is 4.30. The van der Waals surface area contributed by atoms with Crippen molar-refractivity contribution in [3.63, 3.8) is 0 Å². The molecule has 0 atom stereocenters. The summed E-state index contributed by atoms with van der Waals surface area (Å²) in [5.74, 6) is 0. The molecule has 0 bridgehead atoms. The van der Waals surface area contributed by atoms with E-state index in [2.05, 4.69) is 10.0 Å². The molecule has 0 saturated heterocycles. The van der Waals surface area contributed by atoms with Crippen molar-refractivity contribution in [2.45, 2.75) is 37.5 Å². The first-order chi connectivity index (χ1) is 12.5. The number of hydrogen-bond acceptors (Lipinski definition) is 4. The van der Waals surface area contributed by atoms with E-state index in [1.165, 1.54) is 0 Å². The number of nitrogens with one attached hydrogen (secondary N) is 2. The molecule has 0 heterocycles. The number of alkyl carbamates (subject to hydrolysis) is 1. The summed E-state index contributed by atoms with van der Waals surface area (Å²) < 4.78 is 32.5. The van der Waals surface area contributed by atoms with Crippen LogP contribution in [-0.4, -0.2) is 34.2 Å². The predicted molar refractivity (Wildman–Crippen MR) is 103 cm³/mol. The lowest BCUT2D eigenvalue weighted by atomic mass is 10.1. The van der Waals surface area contributed by atoms with Gasteiger partial charge in [0.05, 0.1) is 11.5 Å². The van der Waals surface area contributed by atoms with Gasteiger partial charge in [-0.25, -0.2) is 17.9 Å². The molecular weight excluding hydrogens is 352 g/mol. The Morgan fingerprint density at radius 1 is 0.962 bits per heavy atom. The van der Waals surface area contributed by atoms with E-state index in [0.717, 1.165) is 36.5 Å². The second-order valence-corrected chi connectivity index (χ2v) is 7.67. The Morgan fingerprint density at radius 2 is 1.65 bits per heavy atom. The first kappa shape index (κ1) is 20.2. The van der Waals surface area contributed by atoms with Crippen LogP contribution in [0.15, 0.2) is 47.4 Å². The van der Waals surface area contributed by atoms with Crippen LogP contribution in [0.5, 0.6) is 0 Å². The number of benzene rings is 2. The highest BCUT2D eigenvalue weighted by Gasteiger charge is 2.16. The fraction of sp³-hybridized carbons (Fsp3) is 0.421. The summed E-state index contributed by atoms with van der Waals surface area (Å²) in [6, 6.07) is 12.7. The maximum Gasteiger partial charge on any atom is 0.407 e. The van der Waals surface area contributed by atoms with Gasteiger partial charge in [-0.05, 0) is 31.2 Å². The van der Waals surface area contributed by atoms with Gasteiger partial charge in [-0.1, -0.05) is 49.2 Å². The van der Waals surface area contributed by atoms with Crippen molar-refractivity contribution in [3.05, 3.63) is 42.5 Å². The van der Waals surface area contributed by atoms with Gasteiger partial charge in [-0.3, -0.25) is 0 Å². The van der Waals surface area contributed by atoms with Crippen LogP contribution in [0.3, 0.4) is 0 Å². The number of carbonyl (C=O) groups excluding carboxylic acids is 1. The lowest BCUT2D eigenvalue weighted by Gasteiger charge is -2.09. The fourth-order valence-corrected chi connectivity index (χ4v) is 3.99. The molecule has 0 aliphatic carbocycles. The van der Waals surface area contributed by atoms with Crippen LogP contribution < -0.4 is 10.0 Å². The summed E-state index contributed by atoms with van der Waals surface area (Å²) in [7, 11) is -3.53. The zero-order chi connectivity index (χ0) is 18.8. The van der Waals surface area contributed by atoms with Crippen LogP contribution in [0, 0.1) is 0 Å². The second kappa shape index (κ2) is 10.1. The van der Waals surface area contributed by atoms with Crippen molar-refractivity contribution in [2.75, 3.05) is 19.7 Å². The summed E-state index contributed by atoms with van der Waals surface area (Å²) in [6.07, 6.45) is 3.01. The number of amides is 1. The number of hydrogen-bond donors (Lipinski definition) is 2. The van der Waals surface area contributed by atoms with Crippen molar-refractivity contribution in [3.8, 4) is 0 Å². The molecule has 2 aromatic carbocycles. The monoisotopic (exact) mass is 378 g/mol. The van der Waals surface area contributed by atoms with E-state index in [4.69, 9.17) is 4.74 Å². The molecule has 0 fully saturated rings. The van der Waals surface area contributed by atoms with Crippen molar-refractivity contribution in [1.82, 2.24) is 10.0 Å². The Bertz CT molecular complexity index is 816. The standard InChI is InChI=1S/C19H26N2O4S/c1-2-25-19(22)20-14-7-3-4-8-15-21-26(23,24)18-13-9-11-16-10-5-6-12-17(16)18/h5-6,9-13,21H,2-4,7-8,14-15H2,1H3,(H,20,22). The van der Waals surface area contributed by atoms with Gasteiger partial charge in [0.25, 0.3) is 0 Å². The van der Waals surface area contributed by atoms with Gasteiger partial charge in [-0.2, -0.15) is 0 Å². The van der Waals surface area contributed by atoms with Crippen LogP contribution in [-0.2, 0) is 14.8 Å².